The van der Waals surface area contributed by atoms with Gasteiger partial charge in [-0.1, -0.05) is 28.1 Å². The normalized spacial score (nSPS) is 10.7. The van der Waals surface area contributed by atoms with E-state index in [0.717, 1.165) is 23.2 Å². The van der Waals surface area contributed by atoms with E-state index in [-0.39, 0.29) is 0 Å². The van der Waals surface area contributed by atoms with Gasteiger partial charge in [0.05, 0.1) is 0 Å². The molecule has 1 rings (SSSR count). The van der Waals surface area contributed by atoms with Crippen LogP contribution in [-0.2, 0) is 6.54 Å². The van der Waals surface area contributed by atoms with Gasteiger partial charge in [0.15, 0.2) is 0 Å². The number of nitrogens with two attached hydrogens (primary N) is 1. The van der Waals surface area contributed by atoms with Crippen molar-refractivity contribution in [3.05, 3.63) is 40.4 Å². The van der Waals surface area contributed by atoms with Crippen LogP contribution in [0.5, 0.6) is 0 Å². The van der Waals surface area contributed by atoms with Crippen molar-refractivity contribution in [2.24, 2.45) is 0 Å². The lowest BCUT2D eigenvalue weighted by molar-refractivity contribution is 0.355. The SMILES string of the molecule is C=C(C)CN(C)Cc1cc(N)cc(Br)c1. The topological polar surface area (TPSA) is 29.3 Å². The molecule has 0 heterocycles. The Labute approximate surface area is 99.9 Å². The maximum absolute atomic E-state index is 5.77. The number of benzene rings is 1. The van der Waals surface area contributed by atoms with Crippen LogP contribution in [0.1, 0.15) is 12.5 Å². The fourth-order valence-corrected chi connectivity index (χ4v) is 2.15. The zero-order valence-electron chi connectivity index (χ0n) is 9.26. The third kappa shape index (κ3) is 4.49. The molecule has 0 saturated heterocycles. The highest BCUT2D eigenvalue weighted by Gasteiger charge is 2.02. The number of hydrogen-bond acceptors (Lipinski definition) is 2. The van der Waals surface area contributed by atoms with Gasteiger partial charge < -0.3 is 5.73 Å². The molecule has 2 nitrogen and oxygen atoms in total. The second-order valence-corrected chi connectivity index (χ2v) is 4.94. The summed E-state index contributed by atoms with van der Waals surface area (Å²) in [4.78, 5) is 2.21. The standard InChI is InChI=1S/C12H17BrN2/c1-9(2)7-15(3)8-10-4-11(13)6-12(14)5-10/h4-6H,1,7-8,14H2,2-3H3. The Morgan fingerprint density at radius 1 is 1.47 bits per heavy atom. The van der Waals surface area contributed by atoms with E-state index >= 15 is 0 Å². The number of likely N-dealkylation sites (N-methyl/N-ethyl adjacent to an activating group) is 1. The van der Waals surface area contributed by atoms with Crippen LogP contribution in [0.2, 0.25) is 0 Å². The molecule has 0 saturated carbocycles. The summed E-state index contributed by atoms with van der Waals surface area (Å²) in [6.07, 6.45) is 0. The Morgan fingerprint density at radius 3 is 2.67 bits per heavy atom. The smallest absolute Gasteiger partial charge is 0.0328 e. The minimum absolute atomic E-state index is 0.795. The van der Waals surface area contributed by atoms with E-state index in [2.05, 4.69) is 40.5 Å². The maximum atomic E-state index is 5.77. The summed E-state index contributed by atoms with van der Waals surface area (Å²) in [6.45, 7) is 7.72. The number of rotatable bonds is 4. The minimum Gasteiger partial charge on any atom is -0.399 e. The van der Waals surface area contributed by atoms with Gasteiger partial charge in [0.2, 0.25) is 0 Å². The largest absolute Gasteiger partial charge is 0.399 e. The van der Waals surface area contributed by atoms with Gasteiger partial charge >= 0.3 is 0 Å². The third-order valence-electron chi connectivity index (χ3n) is 1.97. The lowest BCUT2D eigenvalue weighted by Crippen LogP contribution is -2.19. The van der Waals surface area contributed by atoms with Crippen molar-refractivity contribution < 1.29 is 0 Å². The molecule has 0 bridgehead atoms. The zero-order chi connectivity index (χ0) is 11.4. The van der Waals surface area contributed by atoms with Crippen molar-refractivity contribution in [1.82, 2.24) is 4.90 Å². The van der Waals surface area contributed by atoms with Gasteiger partial charge in [0, 0.05) is 23.2 Å². The van der Waals surface area contributed by atoms with Crippen LogP contribution in [0.25, 0.3) is 0 Å². The van der Waals surface area contributed by atoms with E-state index in [4.69, 9.17) is 5.73 Å². The molecule has 0 aliphatic heterocycles. The summed E-state index contributed by atoms with van der Waals surface area (Å²) in [6, 6.07) is 5.99. The highest BCUT2D eigenvalue weighted by molar-refractivity contribution is 9.10. The second kappa shape index (κ2) is 5.33. The first-order valence-corrected chi connectivity index (χ1v) is 5.64. The predicted octanol–water partition coefficient (Wildman–Crippen LogP) is 3.04. The first-order chi connectivity index (χ1) is 6.97. The van der Waals surface area contributed by atoms with Gasteiger partial charge in [-0.05, 0) is 37.7 Å². The number of nitrogens with zero attached hydrogens (tertiary/aromatic N) is 1. The van der Waals surface area contributed by atoms with Crippen molar-refractivity contribution in [2.75, 3.05) is 19.3 Å². The van der Waals surface area contributed by atoms with Crippen LogP contribution in [-0.4, -0.2) is 18.5 Å². The molecule has 0 radical (unpaired) electrons. The molecule has 0 unspecified atom stereocenters. The van der Waals surface area contributed by atoms with Crippen LogP contribution in [0.15, 0.2) is 34.8 Å². The monoisotopic (exact) mass is 268 g/mol. The molecule has 2 N–H and O–H groups in total. The molecule has 0 aromatic heterocycles. The average Bonchev–Trinajstić information content (AvgIpc) is 1.98. The molecular weight excluding hydrogens is 252 g/mol. The second-order valence-electron chi connectivity index (χ2n) is 4.02. The molecule has 1 aromatic carbocycles. The van der Waals surface area contributed by atoms with Crippen molar-refractivity contribution in [2.45, 2.75) is 13.5 Å². The van der Waals surface area contributed by atoms with E-state index in [0.29, 0.717) is 0 Å². The summed E-state index contributed by atoms with van der Waals surface area (Å²) in [5, 5.41) is 0. The van der Waals surface area contributed by atoms with Crippen LogP contribution >= 0.6 is 15.9 Å². The van der Waals surface area contributed by atoms with Gasteiger partial charge in [0.1, 0.15) is 0 Å². The molecule has 82 valence electrons. The average molecular weight is 269 g/mol. The van der Waals surface area contributed by atoms with Crippen LogP contribution in [0, 0.1) is 0 Å². The van der Waals surface area contributed by atoms with Gasteiger partial charge in [-0.15, -0.1) is 0 Å². The number of anilines is 1. The molecule has 0 atom stereocenters. The van der Waals surface area contributed by atoms with Crippen molar-refractivity contribution >= 4 is 21.6 Å². The maximum Gasteiger partial charge on any atom is 0.0328 e. The molecule has 15 heavy (non-hydrogen) atoms. The first-order valence-electron chi connectivity index (χ1n) is 4.85. The summed E-state index contributed by atoms with van der Waals surface area (Å²) in [5.41, 5.74) is 8.95. The molecular formula is C12H17BrN2. The van der Waals surface area contributed by atoms with E-state index in [1.54, 1.807) is 0 Å². The summed E-state index contributed by atoms with van der Waals surface area (Å²) < 4.78 is 1.03. The van der Waals surface area contributed by atoms with Crippen molar-refractivity contribution in [1.29, 1.82) is 0 Å². The Hall–Kier alpha value is -0.800. The predicted molar refractivity (Wildman–Crippen MR) is 69.7 cm³/mol. The summed E-state index contributed by atoms with van der Waals surface area (Å²) >= 11 is 3.44. The van der Waals surface area contributed by atoms with E-state index in [1.165, 1.54) is 11.1 Å². The van der Waals surface area contributed by atoms with Gasteiger partial charge in [-0.3, -0.25) is 4.90 Å². The lowest BCUT2D eigenvalue weighted by atomic mass is 10.2. The number of halogens is 1. The molecule has 3 heteroatoms. The zero-order valence-corrected chi connectivity index (χ0v) is 10.8. The lowest BCUT2D eigenvalue weighted by Gasteiger charge is -2.17. The minimum atomic E-state index is 0.795. The number of hydrogen-bond donors (Lipinski definition) is 1. The van der Waals surface area contributed by atoms with Gasteiger partial charge in [-0.2, -0.15) is 0 Å². The Kier molecular flexibility index (Phi) is 4.36. The van der Waals surface area contributed by atoms with Crippen LogP contribution in [0.4, 0.5) is 5.69 Å². The highest BCUT2D eigenvalue weighted by Crippen LogP contribution is 2.18. The van der Waals surface area contributed by atoms with Crippen molar-refractivity contribution in [3.8, 4) is 0 Å². The summed E-state index contributed by atoms with van der Waals surface area (Å²) in [7, 11) is 2.08. The summed E-state index contributed by atoms with van der Waals surface area (Å²) in [5.74, 6) is 0. The molecule has 1 aromatic rings. The van der Waals surface area contributed by atoms with E-state index in [9.17, 15) is 0 Å². The molecule has 0 fully saturated rings. The van der Waals surface area contributed by atoms with Gasteiger partial charge in [0.25, 0.3) is 0 Å². The van der Waals surface area contributed by atoms with Crippen LogP contribution in [0.3, 0.4) is 0 Å². The highest BCUT2D eigenvalue weighted by atomic mass is 79.9. The quantitative estimate of drug-likeness (QED) is 0.672. The van der Waals surface area contributed by atoms with Crippen LogP contribution < -0.4 is 5.73 Å². The number of nitrogen functional groups attached to an aromatic ring is 1. The van der Waals surface area contributed by atoms with E-state index in [1.807, 2.05) is 19.1 Å². The Bertz CT molecular complexity index is 340. The van der Waals surface area contributed by atoms with Crippen molar-refractivity contribution in [3.63, 3.8) is 0 Å². The van der Waals surface area contributed by atoms with E-state index < -0.39 is 0 Å². The molecule has 0 amide bonds. The Morgan fingerprint density at radius 2 is 2.13 bits per heavy atom. The fourth-order valence-electron chi connectivity index (χ4n) is 1.60. The first kappa shape index (κ1) is 12.3. The Balaban J connectivity index is 2.67. The molecule has 0 aliphatic carbocycles. The third-order valence-corrected chi connectivity index (χ3v) is 2.43. The fraction of sp³-hybridized carbons (Fsp3) is 0.333. The molecule has 0 spiro atoms. The van der Waals surface area contributed by atoms with Gasteiger partial charge in [-0.25, -0.2) is 0 Å². The molecule has 0 aliphatic rings.